The number of aliphatic hydroxyl groups excluding tert-OH is 1. The molecule has 1 saturated heterocycles. The van der Waals surface area contributed by atoms with Crippen molar-refractivity contribution in [2.75, 3.05) is 11.9 Å². The Bertz CT molecular complexity index is 1620. The lowest BCUT2D eigenvalue weighted by Gasteiger charge is -2.16. The van der Waals surface area contributed by atoms with Crippen LogP contribution >= 0.6 is 24.0 Å². The fourth-order valence-electron chi connectivity index (χ4n) is 4.10. The highest BCUT2D eigenvalue weighted by Crippen LogP contribution is 2.34. The Morgan fingerprint density at radius 1 is 1.11 bits per heavy atom. The molecule has 192 valence electrons. The van der Waals surface area contributed by atoms with Crippen LogP contribution in [0, 0.1) is 12.7 Å². The molecule has 1 atom stereocenters. The zero-order valence-corrected chi connectivity index (χ0v) is 21.9. The lowest BCUT2D eigenvalue weighted by Crippen LogP contribution is -2.27. The maximum absolute atomic E-state index is 13.6. The molecule has 1 aliphatic rings. The molecule has 1 aliphatic heterocycles. The maximum atomic E-state index is 13.6. The summed E-state index contributed by atoms with van der Waals surface area (Å²) in [7, 11) is 0. The van der Waals surface area contributed by atoms with Crippen molar-refractivity contribution in [1.82, 2.24) is 14.3 Å². The number of hydrogen-bond donors (Lipinski definition) is 2. The largest absolute Gasteiger partial charge is 0.387 e. The molecule has 1 unspecified atom stereocenters. The molecule has 0 aliphatic carbocycles. The number of thiocarbonyl (C=S) groups is 1. The van der Waals surface area contributed by atoms with Crippen LogP contribution in [-0.4, -0.2) is 36.2 Å². The number of benzene rings is 2. The van der Waals surface area contributed by atoms with Gasteiger partial charge in [0.05, 0.1) is 23.1 Å². The summed E-state index contributed by atoms with van der Waals surface area (Å²) < 4.78 is 15.1. The zero-order chi connectivity index (χ0) is 26.8. The number of aryl methyl sites for hydroxylation is 1. The first kappa shape index (κ1) is 25.8. The summed E-state index contributed by atoms with van der Waals surface area (Å²) >= 11 is 6.53. The van der Waals surface area contributed by atoms with E-state index < -0.39 is 6.10 Å². The van der Waals surface area contributed by atoms with E-state index in [1.165, 1.54) is 27.5 Å². The SMILES string of the molecule is Cc1cccn2c(=O)c(/C=C3\SC(=S)N(Cc4ccc(F)cc4)C3=O)c(NCC(O)c3ccccc3)nc12. The number of carbonyl (C=O) groups is 1. The first-order chi connectivity index (χ1) is 18.3. The Labute approximate surface area is 227 Å². The van der Waals surface area contributed by atoms with E-state index in [0.717, 1.165) is 28.5 Å². The van der Waals surface area contributed by atoms with Gasteiger partial charge in [-0.25, -0.2) is 9.37 Å². The van der Waals surface area contributed by atoms with Crippen LogP contribution in [-0.2, 0) is 11.3 Å². The van der Waals surface area contributed by atoms with Crippen molar-refractivity contribution >= 4 is 51.7 Å². The quantitative estimate of drug-likeness (QED) is 0.257. The van der Waals surface area contributed by atoms with Crippen LogP contribution in [0.1, 0.15) is 28.4 Å². The van der Waals surface area contributed by atoms with E-state index in [9.17, 15) is 19.1 Å². The number of aromatic nitrogens is 2. The van der Waals surface area contributed by atoms with Crippen LogP contribution < -0.4 is 10.9 Å². The minimum Gasteiger partial charge on any atom is -0.387 e. The van der Waals surface area contributed by atoms with Gasteiger partial charge in [0.2, 0.25) is 0 Å². The molecule has 0 saturated carbocycles. The molecule has 7 nitrogen and oxygen atoms in total. The molecule has 0 spiro atoms. The third kappa shape index (κ3) is 5.24. The van der Waals surface area contributed by atoms with Gasteiger partial charge in [0.1, 0.15) is 21.6 Å². The number of halogens is 1. The Kier molecular flexibility index (Phi) is 7.37. The number of nitrogens with one attached hydrogen (secondary N) is 1. The topological polar surface area (TPSA) is 86.9 Å². The van der Waals surface area contributed by atoms with E-state index in [-0.39, 0.29) is 46.7 Å². The fourth-order valence-corrected chi connectivity index (χ4v) is 5.34. The number of thioether (sulfide) groups is 1. The first-order valence-corrected chi connectivity index (χ1v) is 13.0. The van der Waals surface area contributed by atoms with E-state index in [2.05, 4.69) is 10.3 Å². The van der Waals surface area contributed by atoms with Gasteiger partial charge in [-0.3, -0.25) is 18.9 Å². The number of fused-ring (bicyclic) bond motifs is 1. The average Bonchev–Trinajstić information content (AvgIpc) is 3.18. The molecule has 5 rings (SSSR count). The summed E-state index contributed by atoms with van der Waals surface area (Å²) in [5.74, 6) is -0.465. The molecule has 4 aromatic rings. The molecule has 10 heteroatoms. The van der Waals surface area contributed by atoms with Gasteiger partial charge in [-0.2, -0.15) is 0 Å². The van der Waals surface area contributed by atoms with Crippen LogP contribution in [0.5, 0.6) is 0 Å². The highest BCUT2D eigenvalue weighted by Gasteiger charge is 2.32. The molecule has 1 amide bonds. The Morgan fingerprint density at radius 3 is 2.58 bits per heavy atom. The fraction of sp³-hybridized carbons (Fsp3) is 0.143. The highest BCUT2D eigenvalue weighted by molar-refractivity contribution is 8.26. The second-order valence-electron chi connectivity index (χ2n) is 8.77. The van der Waals surface area contributed by atoms with Crippen LogP contribution in [0.15, 0.2) is 82.6 Å². The average molecular weight is 547 g/mol. The lowest BCUT2D eigenvalue weighted by molar-refractivity contribution is -0.122. The van der Waals surface area contributed by atoms with E-state index in [1.54, 1.807) is 24.4 Å². The number of aliphatic hydroxyl groups is 1. The molecular weight excluding hydrogens is 523 g/mol. The Balaban J connectivity index is 1.50. The van der Waals surface area contributed by atoms with Gasteiger partial charge in [-0.05, 0) is 47.9 Å². The smallest absolute Gasteiger partial charge is 0.267 e. The molecular formula is C28H23FN4O3S2. The van der Waals surface area contributed by atoms with Crippen molar-refractivity contribution in [3.05, 3.63) is 116 Å². The Hall–Kier alpha value is -3.86. The number of hydrogen-bond acceptors (Lipinski definition) is 7. The monoisotopic (exact) mass is 546 g/mol. The van der Waals surface area contributed by atoms with E-state index in [4.69, 9.17) is 12.2 Å². The van der Waals surface area contributed by atoms with Crippen LogP contribution in [0.25, 0.3) is 11.7 Å². The number of pyridine rings is 1. The van der Waals surface area contributed by atoms with E-state index in [0.29, 0.717) is 9.97 Å². The third-order valence-corrected chi connectivity index (χ3v) is 7.51. The molecule has 38 heavy (non-hydrogen) atoms. The molecule has 2 N–H and O–H groups in total. The normalized spacial score (nSPS) is 15.4. The minimum atomic E-state index is -0.838. The number of carbonyl (C=O) groups excluding carboxylic acids is 1. The van der Waals surface area contributed by atoms with Crippen molar-refractivity contribution in [2.45, 2.75) is 19.6 Å². The first-order valence-electron chi connectivity index (χ1n) is 11.8. The highest BCUT2D eigenvalue weighted by atomic mass is 32.2. The minimum absolute atomic E-state index is 0.102. The molecule has 2 aromatic heterocycles. The van der Waals surface area contributed by atoms with Crippen molar-refractivity contribution < 1.29 is 14.3 Å². The van der Waals surface area contributed by atoms with Crippen molar-refractivity contribution in [1.29, 1.82) is 0 Å². The van der Waals surface area contributed by atoms with Crippen LogP contribution in [0.3, 0.4) is 0 Å². The maximum Gasteiger partial charge on any atom is 0.267 e. The standard InChI is InChI=1S/C28H23FN4O3S2/c1-17-6-5-13-32-25(17)31-24(30-15-22(34)19-7-3-2-4-8-19)21(26(32)35)14-23-27(36)33(28(37)38-23)16-18-9-11-20(29)12-10-18/h2-14,22,30,34H,15-16H2,1H3/b23-14-. The van der Waals surface area contributed by atoms with E-state index >= 15 is 0 Å². The van der Waals surface area contributed by atoms with Crippen molar-refractivity contribution in [3.8, 4) is 0 Å². The van der Waals surface area contributed by atoms with Crippen molar-refractivity contribution in [3.63, 3.8) is 0 Å². The zero-order valence-electron chi connectivity index (χ0n) is 20.3. The molecule has 2 aromatic carbocycles. The summed E-state index contributed by atoms with van der Waals surface area (Å²) in [5.41, 5.74) is 2.53. The van der Waals surface area contributed by atoms with Crippen molar-refractivity contribution in [2.24, 2.45) is 0 Å². The van der Waals surface area contributed by atoms with Gasteiger partial charge in [-0.15, -0.1) is 0 Å². The third-order valence-electron chi connectivity index (χ3n) is 6.13. The second-order valence-corrected chi connectivity index (χ2v) is 10.4. The lowest BCUT2D eigenvalue weighted by atomic mass is 10.1. The number of amides is 1. The summed E-state index contributed by atoms with van der Waals surface area (Å²) in [6.07, 6.45) is 2.28. The van der Waals surface area contributed by atoms with Crippen LogP contribution in [0.2, 0.25) is 0 Å². The van der Waals surface area contributed by atoms with Gasteiger partial charge < -0.3 is 10.4 Å². The number of rotatable bonds is 7. The number of nitrogens with zero attached hydrogens (tertiary/aromatic N) is 3. The second kappa shape index (κ2) is 10.9. The molecule has 0 radical (unpaired) electrons. The molecule has 1 fully saturated rings. The summed E-state index contributed by atoms with van der Waals surface area (Å²) in [5, 5.41) is 13.8. The predicted octanol–water partition coefficient (Wildman–Crippen LogP) is 4.69. The van der Waals surface area contributed by atoms with E-state index in [1.807, 2.05) is 43.3 Å². The predicted molar refractivity (Wildman–Crippen MR) is 151 cm³/mol. The summed E-state index contributed by atoms with van der Waals surface area (Å²) in [6, 6.07) is 18.6. The van der Waals surface area contributed by atoms with Gasteiger partial charge in [0.25, 0.3) is 11.5 Å². The summed E-state index contributed by atoms with van der Waals surface area (Å²) in [4.78, 5) is 33.2. The molecule has 3 heterocycles. The number of anilines is 1. The van der Waals surface area contributed by atoms with Gasteiger partial charge in [0, 0.05) is 12.7 Å². The Morgan fingerprint density at radius 2 is 1.84 bits per heavy atom. The van der Waals surface area contributed by atoms with Crippen LogP contribution in [0.4, 0.5) is 10.2 Å². The van der Waals surface area contributed by atoms with Gasteiger partial charge in [-0.1, -0.05) is 72.5 Å². The molecule has 0 bridgehead atoms. The van der Waals surface area contributed by atoms with Gasteiger partial charge in [0.15, 0.2) is 0 Å². The van der Waals surface area contributed by atoms with Gasteiger partial charge >= 0.3 is 0 Å². The summed E-state index contributed by atoms with van der Waals surface area (Å²) in [6.45, 7) is 2.14.